The third-order valence-electron chi connectivity index (χ3n) is 5.95. The predicted molar refractivity (Wildman–Crippen MR) is 128 cm³/mol. The molecule has 2 heterocycles. The van der Waals surface area contributed by atoms with Gasteiger partial charge in [-0.15, -0.1) is 11.3 Å². The van der Waals surface area contributed by atoms with E-state index in [0.29, 0.717) is 40.6 Å². The molecule has 1 aliphatic rings. The van der Waals surface area contributed by atoms with Gasteiger partial charge in [0.2, 0.25) is 0 Å². The molecule has 3 aromatic carbocycles. The monoisotopic (exact) mass is 495 g/mol. The van der Waals surface area contributed by atoms with Crippen molar-refractivity contribution >= 4 is 27.5 Å². The van der Waals surface area contributed by atoms with Crippen LogP contribution in [0.5, 0.6) is 17.2 Å². The fourth-order valence-corrected chi connectivity index (χ4v) is 5.06. The Morgan fingerprint density at radius 1 is 1.20 bits per heavy atom. The number of ether oxygens (including phenoxy) is 3. The number of carboxylic acid groups (broad SMARTS) is 1. The molecule has 2 unspecified atom stereocenters. The number of benzene rings is 3. The van der Waals surface area contributed by atoms with Crippen molar-refractivity contribution < 1.29 is 33.6 Å². The second-order valence-electron chi connectivity index (χ2n) is 8.27. The fraction of sp³-hybridized carbons (Fsp3) is 0.231. The lowest BCUT2D eigenvalue weighted by Crippen LogP contribution is -2.27. The minimum atomic E-state index is -1.07. The number of aliphatic hydroxyl groups is 1. The molecule has 180 valence electrons. The highest BCUT2D eigenvalue weighted by Gasteiger charge is 2.30. The van der Waals surface area contributed by atoms with E-state index >= 15 is 0 Å². The molecule has 0 radical (unpaired) electrons. The average molecular weight is 496 g/mol. The summed E-state index contributed by atoms with van der Waals surface area (Å²) in [5.74, 6) is -0.261. The van der Waals surface area contributed by atoms with Crippen LogP contribution in [-0.2, 0) is 13.0 Å². The zero-order valence-electron chi connectivity index (χ0n) is 18.7. The number of carbonyl (C=O) groups is 1. The van der Waals surface area contributed by atoms with E-state index in [2.05, 4.69) is 4.98 Å². The van der Waals surface area contributed by atoms with Crippen molar-refractivity contribution in [2.75, 3.05) is 13.7 Å². The minimum Gasteiger partial charge on any atom is -0.496 e. The average Bonchev–Trinajstić information content (AvgIpc) is 3.26. The number of aliphatic hydroxyl groups excluding tert-OH is 1. The highest BCUT2D eigenvalue weighted by molar-refractivity contribution is 7.18. The number of thiazole rings is 1. The summed E-state index contributed by atoms with van der Waals surface area (Å²) in [7, 11) is 1.42. The topological polar surface area (TPSA) is 98.1 Å². The first kappa shape index (κ1) is 23.1. The smallest absolute Gasteiger partial charge is 0.339 e. The van der Waals surface area contributed by atoms with Crippen LogP contribution in [0, 0.1) is 11.7 Å². The summed E-state index contributed by atoms with van der Waals surface area (Å²) in [4.78, 5) is 15.9. The highest BCUT2D eigenvalue weighted by atomic mass is 32.1. The van der Waals surface area contributed by atoms with E-state index in [1.54, 1.807) is 42.5 Å². The molecule has 0 saturated heterocycles. The number of halogens is 1. The van der Waals surface area contributed by atoms with E-state index in [0.717, 1.165) is 10.3 Å². The van der Waals surface area contributed by atoms with Gasteiger partial charge in [0.05, 0.1) is 30.0 Å². The molecule has 0 bridgehead atoms. The number of carboxylic acids is 1. The molecule has 0 amide bonds. The number of aromatic nitrogens is 1. The maximum atomic E-state index is 13.4. The molecule has 0 spiro atoms. The van der Waals surface area contributed by atoms with Crippen molar-refractivity contribution in [3.05, 3.63) is 82.1 Å². The van der Waals surface area contributed by atoms with Gasteiger partial charge in [-0.25, -0.2) is 14.2 Å². The van der Waals surface area contributed by atoms with Gasteiger partial charge in [0.25, 0.3) is 0 Å². The summed E-state index contributed by atoms with van der Waals surface area (Å²) in [5.41, 5.74) is 2.04. The van der Waals surface area contributed by atoms with Crippen molar-refractivity contribution in [3.8, 4) is 17.2 Å². The molecule has 9 heteroatoms. The molecule has 2 N–H and O–H groups in total. The number of fused-ring (bicyclic) bond motifs is 2. The quantitative estimate of drug-likeness (QED) is 0.372. The Morgan fingerprint density at radius 3 is 2.86 bits per heavy atom. The van der Waals surface area contributed by atoms with Crippen molar-refractivity contribution in [1.29, 1.82) is 0 Å². The molecule has 35 heavy (non-hydrogen) atoms. The Hall–Kier alpha value is -3.69. The summed E-state index contributed by atoms with van der Waals surface area (Å²) in [5, 5.41) is 21.2. The van der Waals surface area contributed by atoms with Gasteiger partial charge < -0.3 is 24.4 Å². The van der Waals surface area contributed by atoms with Crippen LogP contribution in [0.1, 0.15) is 32.6 Å². The van der Waals surface area contributed by atoms with Crippen molar-refractivity contribution in [2.45, 2.75) is 19.1 Å². The fourth-order valence-electron chi connectivity index (χ4n) is 4.20. The van der Waals surface area contributed by atoms with Gasteiger partial charge in [-0.2, -0.15) is 0 Å². The van der Waals surface area contributed by atoms with Gasteiger partial charge >= 0.3 is 5.97 Å². The molecule has 4 aromatic rings. The third-order valence-corrected chi connectivity index (χ3v) is 6.96. The van der Waals surface area contributed by atoms with Crippen LogP contribution >= 0.6 is 11.3 Å². The molecule has 1 aliphatic heterocycles. The molecular formula is C26H22FNO6S. The van der Waals surface area contributed by atoms with Crippen LogP contribution in [0.15, 0.2) is 54.6 Å². The largest absolute Gasteiger partial charge is 0.496 e. The number of aromatic carboxylic acids is 1. The first-order valence-electron chi connectivity index (χ1n) is 10.9. The number of hydrogen-bond donors (Lipinski definition) is 2. The van der Waals surface area contributed by atoms with Crippen molar-refractivity contribution in [3.63, 3.8) is 0 Å². The molecule has 0 fully saturated rings. The molecule has 0 aliphatic carbocycles. The zero-order valence-corrected chi connectivity index (χ0v) is 19.5. The maximum absolute atomic E-state index is 13.4. The highest BCUT2D eigenvalue weighted by Crippen LogP contribution is 2.39. The van der Waals surface area contributed by atoms with Crippen LogP contribution in [-0.4, -0.2) is 34.9 Å². The van der Waals surface area contributed by atoms with Gasteiger partial charge in [0.1, 0.15) is 40.2 Å². The summed E-state index contributed by atoms with van der Waals surface area (Å²) < 4.78 is 31.2. The second kappa shape index (κ2) is 9.52. The van der Waals surface area contributed by atoms with Gasteiger partial charge in [0.15, 0.2) is 0 Å². The van der Waals surface area contributed by atoms with E-state index in [4.69, 9.17) is 14.2 Å². The predicted octanol–water partition coefficient (Wildman–Crippen LogP) is 5.01. The van der Waals surface area contributed by atoms with Crippen LogP contribution < -0.4 is 14.2 Å². The van der Waals surface area contributed by atoms with Crippen LogP contribution in [0.2, 0.25) is 0 Å². The summed E-state index contributed by atoms with van der Waals surface area (Å²) in [6.07, 6.45) is -0.388. The van der Waals surface area contributed by atoms with Crippen LogP contribution in [0.25, 0.3) is 10.2 Å². The molecular weight excluding hydrogens is 473 g/mol. The third kappa shape index (κ3) is 4.78. The zero-order chi connectivity index (χ0) is 24.5. The first-order chi connectivity index (χ1) is 16.9. The van der Waals surface area contributed by atoms with Crippen LogP contribution in [0.3, 0.4) is 0 Å². The molecule has 0 saturated carbocycles. The normalized spacial score (nSPS) is 17.0. The molecule has 2 atom stereocenters. The number of rotatable bonds is 7. The summed E-state index contributed by atoms with van der Waals surface area (Å²) in [6, 6.07) is 14.7. The van der Waals surface area contributed by atoms with E-state index in [-0.39, 0.29) is 29.7 Å². The Bertz CT molecular complexity index is 1400. The number of hydrogen-bond acceptors (Lipinski definition) is 7. The SMILES string of the molecule is COc1ccc(CC2COc3ccc(OCc4nc5cc(F)ccc5s4)cc3C2O)cc1C(=O)O. The van der Waals surface area contributed by atoms with E-state index in [1.165, 1.54) is 30.6 Å². The Kier molecular flexibility index (Phi) is 6.27. The maximum Gasteiger partial charge on any atom is 0.339 e. The van der Waals surface area contributed by atoms with E-state index in [1.807, 2.05) is 0 Å². The lowest BCUT2D eigenvalue weighted by molar-refractivity contribution is 0.0504. The Labute approximate surface area is 204 Å². The molecule has 7 nitrogen and oxygen atoms in total. The standard InChI is InChI=1S/C26H22FNO6S/c1-32-21-5-2-14(9-19(21)26(30)31)8-15-12-34-22-6-4-17(11-18(22)25(15)29)33-13-24-28-20-10-16(27)3-7-23(20)35-24/h2-7,9-11,15,25,29H,8,12-13H2,1H3,(H,30,31). The van der Waals surface area contributed by atoms with Gasteiger partial charge in [-0.1, -0.05) is 6.07 Å². The van der Waals surface area contributed by atoms with Crippen molar-refractivity contribution in [2.24, 2.45) is 5.92 Å². The Balaban J connectivity index is 1.30. The van der Waals surface area contributed by atoms with Gasteiger partial charge in [-0.05, 0) is 54.4 Å². The van der Waals surface area contributed by atoms with Crippen molar-refractivity contribution in [1.82, 2.24) is 4.98 Å². The van der Waals surface area contributed by atoms with Gasteiger partial charge in [-0.3, -0.25) is 0 Å². The minimum absolute atomic E-state index is 0.0740. The summed E-state index contributed by atoms with van der Waals surface area (Å²) >= 11 is 1.43. The van der Waals surface area contributed by atoms with E-state index < -0.39 is 12.1 Å². The lowest BCUT2D eigenvalue weighted by atomic mass is 9.87. The van der Waals surface area contributed by atoms with Crippen LogP contribution in [0.4, 0.5) is 4.39 Å². The molecule has 5 rings (SSSR count). The lowest BCUT2D eigenvalue weighted by Gasteiger charge is -2.30. The van der Waals surface area contributed by atoms with E-state index in [9.17, 15) is 19.4 Å². The number of methoxy groups -OCH3 is 1. The first-order valence-corrected chi connectivity index (χ1v) is 11.8. The number of nitrogens with zero attached hydrogens (tertiary/aromatic N) is 1. The molecule has 1 aromatic heterocycles. The summed E-state index contributed by atoms with van der Waals surface area (Å²) in [6.45, 7) is 0.509. The Morgan fingerprint density at radius 2 is 2.06 bits per heavy atom. The van der Waals surface area contributed by atoms with Gasteiger partial charge in [0, 0.05) is 17.5 Å². The second-order valence-corrected chi connectivity index (χ2v) is 9.38.